The molecule has 1 aromatic carbocycles. The molecule has 5 nitrogen and oxygen atoms in total. The lowest BCUT2D eigenvalue weighted by molar-refractivity contribution is -0.142. The number of carbonyl (C=O) groups is 2. The Morgan fingerprint density at radius 2 is 1.62 bits per heavy atom. The maximum Gasteiger partial charge on any atom is 0.227 e. The summed E-state index contributed by atoms with van der Waals surface area (Å²) in [6.07, 6.45) is 4.24. The van der Waals surface area contributed by atoms with Crippen molar-refractivity contribution in [3.8, 4) is 0 Å². The topological polar surface area (TPSA) is 45.6 Å². The van der Waals surface area contributed by atoms with E-state index in [-0.39, 0.29) is 17.7 Å². The molecule has 0 spiro atoms. The second kappa shape index (κ2) is 7.94. The second-order valence-corrected chi connectivity index (χ2v) is 7.18. The molecule has 0 radical (unpaired) electrons. The van der Waals surface area contributed by atoms with Crippen LogP contribution in [0.1, 0.15) is 32.3 Å². The van der Waals surface area contributed by atoms with Crippen LogP contribution in [0.2, 0.25) is 0 Å². The number of rotatable bonds is 5. The number of benzene rings is 1. The first-order valence-electron chi connectivity index (χ1n) is 9.64. The van der Waals surface area contributed by atoms with Crippen LogP contribution in [0.5, 0.6) is 0 Å². The first kappa shape index (κ1) is 18.5. The van der Waals surface area contributed by atoms with Gasteiger partial charge in [-0.1, -0.05) is 32.0 Å². The van der Waals surface area contributed by atoms with Crippen LogP contribution in [0.3, 0.4) is 0 Å². The second-order valence-electron chi connectivity index (χ2n) is 7.18. The maximum absolute atomic E-state index is 12.8. The van der Waals surface area contributed by atoms with Gasteiger partial charge in [0.15, 0.2) is 0 Å². The van der Waals surface area contributed by atoms with Gasteiger partial charge in [0.25, 0.3) is 0 Å². The largest absolute Gasteiger partial charge is 0.350 e. The Morgan fingerprint density at radius 1 is 1.00 bits per heavy atom. The van der Waals surface area contributed by atoms with Crippen molar-refractivity contribution in [1.29, 1.82) is 0 Å². The SMILES string of the molecule is CCC(CC)C(=O)N1CCN(C(=O)Cc2cn(C)c3ccccc23)CC1. The Balaban J connectivity index is 1.61. The molecule has 0 unspecified atom stereocenters. The number of carbonyl (C=O) groups excluding carboxylic acids is 2. The molecule has 0 atom stereocenters. The lowest BCUT2D eigenvalue weighted by Crippen LogP contribution is -2.52. The number of aromatic nitrogens is 1. The van der Waals surface area contributed by atoms with Gasteiger partial charge in [0.1, 0.15) is 0 Å². The van der Waals surface area contributed by atoms with E-state index < -0.39 is 0 Å². The van der Waals surface area contributed by atoms with Crippen molar-refractivity contribution in [3.05, 3.63) is 36.0 Å². The molecule has 2 amide bonds. The van der Waals surface area contributed by atoms with E-state index in [0.717, 1.165) is 29.3 Å². The molecule has 1 aromatic heterocycles. The quantitative estimate of drug-likeness (QED) is 0.828. The molecule has 5 heteroatoms. The summed E-state index contributed by atoms with van der Waals surface area (Å²) in [5.41, 5.74) is 2.22. The number of fused-ring (bicyclic) bond motifs is 1. The summed E-state index contributed by atoms with van der Waals surface area (Å²) >= 11 is 0. The van der Waals surface area contributed by atoms with E-state index in [9.17, 15) is 9.59 Å². The van der Waals surface area contributed by atoms with Gasteiger partial charge < -0.3 is 14.4 Å². The highest BCUT2D eigenvalue weighted by Crippen LogP contribution is 2.21. The molecule has 1 aliphatic rings. The minimum Gasteiger partial charge on any atom is -0.350 e. The molecule has 140 valence electrons. The van der Waals surface area contributed by atoms with Crippen LogP contribution in [0, 0.1) is 5.92 Å². The predicted octanol–water partition coefficient (Wildman–Crippen LogP) is 2.83. The van der Waals surface area contributed by atoms with E-state index in [4.69, 9.17) is 0 Å². The molecule has 2 heterocycles. The highest BCUT2D eigenvalue weighted by atomic mass is 16.2. The first-order valence-corrected chi connectivity index (χ1v) is 9.64. The Hall–Kier alpha value is -2.30. The molecule has 1 saturated heterocycles. The molecule has 2 aromatic rings. The van der Waals surface area contributed by atoms with Gasteiger partial charge in [0, 0.05) is 56.2 Å². The molecule has 3 rings (SSSR count). The lowest BCUT2D eigenvalue weighted by atomic mass is 10.0. The van der Waals surface area contributed by atoms with E-state index >= 15 is 0 Å². The molecule has 0 saturated carbocycles. The van der Waals surface area contributed by atoms with Crippen LogP contribution < -0.4 is 0 Å². The van der Waals surface area contributed by atoms with Crippen molar-refractivity contribution in [2.24, 2.45) is 13.0 Å². The third kappa shape index (κ3) is 3.62. The van der Waals surface area contributed by atoms with Crippen molar-refractivity contribution in [2.45, 2.75) is 33.1 Å². The van der Waals surface area contributed by atoms with Gasteiger partial charge in [-0.2, -0.15) is 0 Å². The molecular weight excluding hydrogens is 326 g/mol. The number of hydrogen-bond donors (Lipinski definition) is 0. The number of nitrogens with zero attached hydrogens (tertiary/aromatic N) is 3. The Morgan fingerprint density at radius 3 is 2.27 bits per heavy atom. The van der Waals surface area contributed by atoms with Crippen molar-refractivity contribution in [1.82, 2.24) is 14.4 Å². The predicted molar refractivity (Wildman–Crippen MR) is 104 cm³/mol. The van der Waals surface area contributed by atoms with E-state index in [1.165, 1.54) is 0 Å². The van der Waals surface area contributed by atoms with E-state index in [2.05, 4.69) is 36.7 Å². The number of para-hydroxylation sites is 1. The summed E-state index contributed by atoms with van der Waals surface area (Å²) in [4.78, 5) is 29.1. The fourth-order valence-electron chi connectivity index (χ4n) is 3.91. The molecule has 1 aliphatic heterocycles. The van der Waals surface area contributed by atoms with Gasteiger partial charge in [0.05, 0.1) is 6.42 Å². The maximum atomic E-state index is 12.8. The standard InChI is InChI=1S/C21H29N3O2/c1-4-16(5-2)21(26)24-12-10-23(11-13-24)20(25)14-17-15-22(3)19-9-7-6-8-18(17)19/h6-9,15-16H,4-5,10-14H2,1-3H3. The minimum absolute atomic E-state index is 0.118. The van der Waals surface area contributed by atoms with Crippen LogP contribution in [0.4, 0.5) is 0 Å². The molecular formula is C21H29N3O2. The summed E-state index contributed by atoms with van der Waals surface area (Å²) in [5.74, 6) is 0.514. The number of amides is 2. The third-order valence-electron chi connectivity index (χ3n) is 5.60. The zero-order valence-corrected chi connectivity index (χ0v) is 16.1. The molecule has 1 fully saturated rings. The zero-order valence-electron chi connectivity index (χ0n) is 16.1. The van der Waals surface area contributed by atoms with Gasteiger partial charge in [0.2, 0.25) is 11.8 Å². The summed E-state index contributed by atoms with van der Waals surface area (Å²) in [5, 5.41) is 1.14. The van der Waals surface area contributed by atoms with Gasteiger partial charge in [-0.05, 0) is 24.5 Å². The van der Waals surface area contributed by atoms with E-state index in [0.29, 0.717) is 32.6 Å². The van der Waals surface area contributed by atoms with E-state index in [1.807, 2.05) is 29.0 Å². The molecule has 0 bridgehead atoms. The van der Waals surface area contributed by atoms with Crippen LogP contribution in [0.15, 0.2) is 30.5 Å². The lowest BCUT2D eigenvalue weighted by Gasteiger charge is -2.36. The minimum atomic E-state index is 0.118. The summed E-state index contributed by atoms with van der Waals surface area (Å²) in [7, 11) is 2.01. The van der Waals surface area contributed by atoms with Crippen molar-refractivity contribution < 1.29 is 9.59 Å². The van der Waals surface area contributed by atoms with Crippen molar-refractivity contribution in [3.63, 3.8) is 0 Å². The summed E-state index contributed by atoms with van der Waals surface area (Å²) < 4.78 is 2.07. The highest BCUT2D eigenvalue weighted by Gasteiger charge is 2.27. The monoisotopic (exact) mass is 355 g/mol. The van der Waals surface area contributed by atoms with Gasteiger partial charge in [-0.3, -0.25) is 9.59 Å². The van der Waals surface area contributed by atoms with Gasteiger partial charge in [-0.15, -0.1) is 0 Å². The van der Waals surface area contributed by atoms with Gasteiger partial charge >= 0.3 is 0 Å². The van der Waals surface area contributed by atoms with E-state index in [1.54, 1.807) is 0 Å². The molecule has 0 aliphatic carbocycles. The third-order valence-corrected chi connectivity index (χ3v) is 5.60. The number of piperazine rings is 1. The molecule has 26 heavy (non-hydrogen) atoms. The first-order chi connectivity index (χ1) is 12.5. The summed E-state index contributed by atoms with van der Waals surface area (Å²) in [6, 6.07) is 8.18. The van der Waals surface area contributed by atoms with Crippen LogP contribution in [0.25, 0.3) is 10.9 Å². The van der Waals surface area contributed by atoms with Gasteiger partial charge in [-0.25, -0.2) is 0 Å². The van der Waals surface area contributed by atoms with Crippen molar-refractivity contribution >= 4 is 22.7 Å². The average Bonchev–Trinajstić information content (AvgIpc) is 2.98. The van der Waals surface area contributed by atoms with Crippen molar-refractivity contribution in [2.75, 3.05) is 26.2 Å². The highest BCUT2D eigenvalue weighted by molar-refractivity contribution is 5.89. The Kier molecular flexibility index (Phi) is 5.64. The smallest absolute Gasteiger partial charge is 0.227 e. The summed E-state index contributed by atoms with van der Waals surface area (Å²) in [6.45, 7) is 6.70. The van der Waals surface area contributed by atoms with Crippen LogP contribution >= 0.6 is 0 Å². The number of aryl methyl sites for hydroxylation is 1. The Bertz CT molecular complexity index is 784. The average molecular weight is 355 g/mol. The number of hydrogen-bond acceptors (Lipinski definition) is 2. The normalized spacial score (nSPS) is 15.1. The molecule has 0 N–H and O–H groups in total. The fourth-order valence-corrected chi connectivity index (χ4v) is 3.91. The Labute approximate surface area is 155 Å². The van der Waals surface area contributed by atoms with Crippen LogP contribution in [-0.4, -0.2) is 52.4 Å². The fraction of sp³-hybridized carbons (Fsp3) is 0.524. The van der Waals surface area contributed by atoms with Crippen LogP contribution in [-0.2, 0) is 23.1 Å². The zero-order chi connectivity index (χ0) is 18.7.